The van der Waals surface area contributed by atoms with E-state index < -0.39 is 0 Å². The number of hydrogen-bond donors (Lipinski definition) is 0. The molecule has 2 aromatic rings. The van der Waals surface area contributed by atoms with Gasteiger partial charge in [-0.05, 0) is 0 Å². The number of hydrogen-bond acceptors (Lipinski definition) is 0. The van der Waals surface area contributed by atoms with E-state index in [0.29, 0.717) is 0 Å². The van der Waals surface area contributed by atoms with Crippen molar-refractivity contribution in [3.63, 3.8) is 0 Å². The Morgan fingerprint density at radius 1 is 1.07 bits per heavy atom. The molecule has 88 valence electrons. The SMILES string of the molecule is CC(C[SiH3])[c-]1cccc1.[Fe].[cH-]1[cH-][cH-][cH-][cH-]1. The van der Waals surface area contributed by atoms with Gasteiger partial charge in [0.05, 0.1) is 0 Å². The molecule has 0 heterocycles. The van der Waals surface area contributed by atoms with Gasteiger partial charge in [-0.2, -0.15) is 17.7 Å². The van der Waals surface area contributed by atoms with Crippen molar-refractivity contribution in [1.29, 1.82) is 0 Å². The van der Waals surface area contributed by atoms with Crippen molar-refractivity contribution in [2.75, 3.05) is 0 Å². The van der Waals surface area contributed by atoms with E-state index in [4.69, 9.17) is 0 Å². The molecule has 0 aliphatic heterocycles. The van der Waals surface area contributed by atoms with Gasteiger partial charge in [0.25, 0.3) is 0 Å². The van der Waals surface area contributed by atoms with E-state index in [-0.39, 0.29) is 17.1 Å². The third-order valence-corrected chi connectivity index (χ3v) is 3.65. The van der Waals surface area contributed by atoms with Crippen molar-refractivity contribution in [2.24, 2.45) is 0 Å². The first kappa shape index (κ1) is 14.4. The first-order valence-electron chi connectivity index (χ1n) is 5.23. The topological polar surface area (TPSA) is 0 Å². The molecule has 2 heteroatoms. The van der Waals surface area contributed by atoms with Gasteiger partial charge in [-0.25, -0.2) is 12.1 Å². The van der Waals surface area contributed by atoms with Crippen molar-refractivity contribution in [3.05, 3.63) is 60.2 Å². The summed E-state index contributed by atoms with van der Waals surface area (Å²) in [4.78, 5) is 0. The van der Waals surface area contributed by atoms with Gasteiger partial charge in [-0.15, -0.1) is 0 Å². The molecule has 0 aromatic heterocycles. The van der Waals surface area contributed by atoms with Gasteiger partial charge in [-0.3, -0.25) is 0 Å². The molecule has 0 saturated carbocycles. The summed E-state index contributed by atoms with van der Waals surface area (Å²) < 4.78 is 0. The summed E-state index contributed by atoms with van der Waals surface area (Å²) in [6.45, 7) is 2.29. The van der Waals surface area contributed by atoms with Crippen molar-refractivity contribution >= 4 is 10.2 Å². The van der Waals surface area contributed by atoms with E-state index in [0.717, 1.165) is 5.92 Å². The average Bonchev–Trinajstić information content (AvgIpc) is 2.91. The Labute approximate surface area is 106 Å². The van der Waals surface area contributed by atoms with Crippen LogP contribution in [0, 0.1) is 0 Å². The summed E-state index contributed by atoms with van der Waals surface area (Å²) >= 11 is 0. The third kappa shape index (κ3) is 5.78. The molecule has 0 bridgehead atoms. The maximum Gasteiger partial charge on any atom is 0.00225 e. The summed E-state index contributed by atoms with van der Waals surface area (Å²) in [5.41, 5.74) is 1.50. The first-order valence-corrected chi connectivity index (χ1v) is 6.64. The van der Waals surface area contributed by atoms with Crippen LogP contribution in [0.15, 0.2) is 54.6 Å². The van der Waals surface area contributed by atoms with Crippen LogP contribution in [-0.2, 0) is 17.1 Å². The zero-order chi connectivity index (χ0) is 10.2. The molecule has 1 unspecified atom stereocenters. The Balaban J connectivity index is 0.000000280. The van der Waals surface area contributed by atoms with E-state index in [2.05, 4.69) is 31.2 Å². The fourth-order valence-electron chi connectivity index (χ4n) is 1.27. The summed E-state index contributed by atoms with van der Waals surface area (Å²) in [6.07, 6.45) is 0. The molecule has 2 aromatic carbocycles. The molecule has 0 radical (unpaired) electrons. The predicted molar refractivity (Wildman–Crippen MR) is 67.2 cm³/mol. The van der Waals surface area contributed by atoms with Crippen LogP contribution in [0.1, 0.15) is 18.4 Å². The van der Waals surface area contributed by atoms with Crippen LogP contribution < -0.4 is 0 Å². The predicted octanol–water partition coefficient (Wildman–Crippen LogP) is 2.70. The summed E-state index contributed by atoms with van der Waals surface area (Å²) in [5, 5.41) is 0. The minimum Gasteiger partial charge on any atom is -0.748 e. The van der Waals surface area contributed by atoms with Crippen LogP contribution in [0.2, 0.25) is 6.04 Å². The van der Waals surface area contributed by atoms with Crippen LogP contribution in [0.5, 0.6) is 0 Å². The Bertz CT molecular complexity index is 280. The van der Waals surface area contributed by atoms with Gasteiger partial charge in [0.1, 0.15) is 0 Å². The van der Waals surface area contributed by atoms with Gasteiger partial charge in [-0.1, -0.05) is 18.9 Å². The molecule has 15 heavy (non-hydrogen) atoms. The molecule has 0 amide bonds. The number of rotatable bonds is 2. The first-order chi connectivity index (χ1) is 6.84. The second kappa shape index (κ2) is 8.72. The van der Waals surface area contributed by atoms with Crippen molar-refractivity contribution in [2.45, 2.75) is 18.9 Å². The maximum absolute atomic E-state index is 2.29. The third-order valence-electron chi connectivity index (χ3n) is 2.43. The van der Waals surface area contributed by atoms with Crippen LogP contribution >= 0.6 is 0 Å². The molecule has 0 nitrogen and oxygen atoms in total. The van der Waals surface area contributed by atoms with Gasteiger partial charge >= 0.3 is 0 Å². The van der Waals surface area contributed by atoms with E-state index in [1.807, 2.05) is 30.3 Å². The normalized spacial score (nSPS) is 11.0. The molecule has 1 atom stereocenters. The van der Waals surface area contributed by atoms with Gasteiger partial charge in [0, 0.05) is 27.3 Å². The fourth-order valence-corrected chi connectivity index (χ4v) is 1.75. The fraction of sp³-hybridized carbons (Fsp3) is 0.231. The quantitative estimate of drug-likeness (QED) is 0.574. The molecular formula is C13H18FeSi-6. The van der Waals surface area contributed by atoms with E-state index in [9.17, 15) is 0 Å². The van der Waals surface area contributed by atoms with Gasteiger partial charge < -0.3 is 30.3 Å². The molecule has 2 rings (SSSR count). The Kier molecular flexibility index (Phi) is 8.39. The van der Waals surface area contributed by atoms with Crippen LogP contribution in [0.25, 0.3) is 0 Å². The second-order valence-electron chi connectivity index (χ2n) is 3.49. The average molecular weight is 258 g/mol. The summed E-state index contributed by atoms with van der Waals surface area (Å²) in [7, 11) is 1.32. The van der Waals surface area contributed by atoms with Crippen molar-refractivity contribution < 1.29 is 17.1 Å². The summed E-state index contributed by atoms with van der Waals surface area (Å²) in [5.74, 6) is 0.798. The standard InChI is InChI=1S/C8H13Si.C5H5.Fe/c1-7(6-9)8-4-2-3-5-8;1-2-4-5-3-1;/h2-5,7H,6H2,1,9H3;1-5H;/q-1;-5;. The van der Waals surface area contributed by atoms with Crippen LogP contribution in [0.4, 0.5) is 0 Å². The molecule has 0 fully saturated rings. The largest absolute Gasteiger partial charge is 0.748 e. The smallest absolute Gasteiger partial charge is 0.00225 e. The van der Waals surface area contributed by atoms with Crippen LogP contribution in [-0.4, -0.2) is 10.2 Å². The van der Waals surface area contributed by atoms with E-state index in [1.54, 1.807) is 0 Å². The molecule has 0 saturated heterocycles. The monoisotopic (exact) mass is 258 g/mol. The molecular weight excluding hydrogens is 240 g/mol. The molecule has 0 aliphatic carbocycles. The van der Waals surface area contributed by atoms with Gasteiger partial charge in [0.2, 0.25) is 0 Å². The second-order valence-corrected chi connectivity index (χ2v) is 4.31. The minimum atomic E-state index is 0. The molecule has 0 aliphatic rings. The maximum atomic E-state index is 2.29. The Morgan fingerprint density at radius 3 is 1.80 bits per heavy atom. The Hall–Kier alpha value is -0.564. The zero-order valence-corrected chi connectivity index (χ0v) is 12.4. The molecule has 0 N–H and O–H groups in total. The van der Waals surface area contributed by atoms with Crippen LogP contribution in [0.3, 0.4) is 0 Å². The molecule has 0 spiro atoms. The van der Waals surface area contributed by atoms with Crippen molar-refractivity contribution in [3.8, 4) is 0 Å². The minimum absolute atomic E-state index is 0. The zero-order valence-electron chi connectivity index (χ0n) is 9.33. The Morgan fingerprint density at radius 2 is 1.47 bits per heavy atom. The van der Waals surface area contributed by atoms with Gasteiger partial charge in [0.15, 0.2) is 0 Å². The van der Waals surface area contributed by atoms with Crippen molar-refractivity contribution in [1.82, 2.24) is 0 Å². The van der Waals surface area contributed by atoms with E-state index in [1.165, 1.54) is 21.9 Å². The van der Waals surface area contributed by atoms with E-state index >= 15 is 0 Å². The summed E-state index contributed by atoms with van der Waals surface area (Å²) in [6, 6.07) is 20.0.